The highest BCUT2D eigenvalue weighted by Crippen LogP contribution is 2.34. The summed E-state index contributed by atoms with van der Waals surface area (Å²) in [6.45, 7) is 6.38. The van der Waals surface area contributed by atoms with Crippen molar-refractivity contribution in [2.24, 2.45) is 7.05 Å². The zero-order valence-electron chi connectivity index (χ0n) is 13.8. The van der Waals surface area contributed by atoms with Gasteiger partial charge in [-0.1, -0.05) is 43.3 Å². The summed E-state index contributed by atoms with van der Waals surface area (Å²) in [5.41, 5.74) is 1.15. The van der Waals surface area contributed by atoms with Crippen molar-refractivity contribution in [1.82, 2.24) is 14.6 Å². The van der Waals surface area contributed by atoms with Crippen LogP contribution in [0.4, 0.5) is 4.79 Å². The fraction of sp³-hybridized carbons (Fsp3) is 0.375. The van der Waals surface area contributed by atoms with E-state index in [-0.39, 0.29) is 6.09 Å². The second-order valence-corrected chi connectivity index (χ2v) is 6.98. The summed E-state index contributed by atoms with van der Waals surface area (Å²) in [6, 6.07) is 7.92. The number of amides is 1. The summed E-state index contributed by atoms with van der Waals surface area (Å²) in [6.07, 6.45) is -0.245. The summed E-state index contributed by atoms with van der Waals surface area (Å²) >= 11 is 7.74. The maximum atomic E-state index is 9.59. The van der Waals surface area contributed by atoms with Gasteiger partial charge in [-0.15, -0.1) is 5.06 Å². The van der Waals surface area contributed by atoms with E-state index in [4.69, 9.17) is 11.6 Å². The molecule has 1 amide bonds. The zero-order valence-corrected chi connectivity index (χ0v) is 15.4. The molecule has 0 aliphatic carbocycles. The predicted molar refractivity (Wildman–Crippen MR) is 91.9 cm³/mol. The van der Waals surface area contributed by atoms with Gasteiger partial charge in [-0.3, -0.25) is 0 Å². The van der Waals surface area contributed by atoms with Gasteiger partial charge in [0.2, 0.25) is 0 Å². The number of rotatable bonds is 3. The van der Waals surface area contributed by atoms with Crippen molar-refractivity contribution in [3.63, 3.8) is 0 Å². The maximum absolute atomic E-state index is 9.59. The molecule has 5 nitrogen and oxygen atoms in total. The first-order valence-electron chi connectivity index (χ1n) is 7.22. The molecular formula is C16H20ClN3O2S. The van der Waals surface area contributed by atoms with Crippen molar-refractivity contribution < 1.29 is 9.63 Å². The molecule has 0 spiro atoms. The van der Waals surface area contributed by atoms with Crippen molar-refractivity contribution in [2.75, 3.05) is 7.05 Å². The second-order valence-electron chi connectivity index (χ2n) is 5.48. The largest absolute Gasteiger partial charge is 0.467 e. The third kappa shape index (κ3) is 4.65. The molecule has 2 heterocycles. The summed E-state index contributed by atoms with van der Waals surface area (Å²) < 4.78 is 2.14. The molecule has 1 aliphatic rings. The normalized spacial score (nSPS) is 12.8. The number of hydrogen-bond donors (Lipinski definition) is 0. The Morgan fingerprint density at radius 1 is 1.30 bits per heavy atom. The second kappa shape index (κ2) is 7.27. The quantitative estimate of drug-likeness (QED) is 0.754. The summed E-state index contributed by atoms with van der Waals surface area (Å²) in [4.78, 5) is 19.5. The molecule has 0 unspecified atom stereocenters. The first kappa shape index (κ1) is 17.7. The van der Waals surface area contributed by atoms with Gasteiger partial charge in [0, 0.05) is 17.0 Å². The van der Waals surface area contributed by atoms with Crippen LogP contribution in [0.1, 0.15) is 31.3 Å². The number of hydroxylamine groups is 2. The number of imidazole rings is 1. The number of benzene rings is 1. The standard InChI is InChI=1S/C14H17ClN2S.C2H3NO2/c1-9(2)13-14(17(4)10(3)16-13)18-12-7-5-6-11(15)8-12;1-3-2(4)5-3/h5-9H,1-4H3;1H3. The molecule has 0 bridgehead atoms. The third-order valence-electron chi connectivity index (χ3n) is 3.29. The smallest absolute Gasteiger partial charge is 0.326 e. The Morgan fingerprint density at radius 2 is 1.91 bits per heavy atom. The summed E-state index contributed by atoms with van der Waals surface area (Å²) in [5.74, 6) is 1.47. The average molecular weight is 354 g/mol. The van der Waals surface area contributed by atoms with Crippen LogP contribution in [-0.2, 0) is 11.9 Å². The van der Waals surface area contributed by atoms with E-state index in [2.05, 4.69) is 41.4 Å². The van der Waals surface area contributed by atoms with Gasteiger partial charge in [0.25, 0.3) is 0 Å². The molecule has 124 valence electrons. The number of halogens is 1. The molecule has 1 saturated heterocycles. The van der Waals surface area contributed by atoms with Gasteiger partial charge in [-0.05, 0) is 31.0 Å². The van der Waals surface area contributed by atoms with Gasteiger partial charge in [0.15, 0.2) is 0 Å². The molecule has 1 aromatic carbocycles. The number of aryl methyl sites for hydroxylation is 1. The molecule has 1 fully saturated rings. The third-order valence-corrected chi connectivity index (χ3v) is 4.69. The predicted octanol–water partition coefficient (Wildman–Crippen LogP) is 4.64. The molecule has 1 aliphatic heterocycles. The monoisotopic (exact) mass is 353 g/mol. The number of hydrogen-bond acceptors (Lipinski definition) is 4. The Hall–Kier alpha value is -1.66. The summed E-state index contributed by atoms with van der Waals surface area (Å²) in [5, 5.41) is 3.12. The van der Waals surface area contributed by atoms with Crippen LogP contribution in [0.25, 0.3) is 0 Å². The van der Waals surface area contributed by atoms with Gasteiger partial charge in [-0.2, -0.15) is 0 Å². The Balaban J connectivity index is 0.000000326. The molecule has 2 aromatic rings. The van der Waals surface area contributed by atoms with E-state index in [0.29, 0.717) is 5.92 Å². The van der Waals surface area contributed by atoms with E-state index in [1.165, 1.54) is 5.03 Å². The lowest BCUT2D eigenvalue weighted by molar-refractivity contribution is 0.227. The molecule has 23 heavy (non-hydrogen) atoms. The number of nitrogens with zero attached hydrogens (tertiary/aromatic N) is 3. The molecule has 3 rings (SSSR count). The van der Waals surface area contributed by atoms with Crippen molar-refractivity contribution in [1.29, 1.82) is 0 Å². The molecule has 0 N–H and O–H groups in total. The minimum Gasteiger partial charge on any atom is -0.326 e. The lowest BCUT2D eigenvalue weighted by Gasteiger charge is -2.08. The van der Waals surface area contributed by atoms with E-state index in [9.17, 15) is 4.79 Å². The SMILES string of the molecule is CN1OC1=O.Cc1nc(C(C)C)c(Sc2cccc(Cl)c2)n1C. The van der Waals surface area contributed by atoms with Gasteiger partial charge in [0.05, 0.1) is 12.7 Å². The van der Waals surface area contributed by atoms with Crippen LogP contribution in [-0.4, -0.2) is 27.8 Å². The highest BCUT2D eigenvalue weighted by atomic mass is 35.5. The van der Waals surface area contributed by atoms with Crippen molar-refractivity contribution in [3.8, 4) is 0 Å². The van der Waals surface area contributed by atoms with E-state index in [1.54, 1.807) is 18.8 Å². The fourth-order valence-electron chi connectivity index (χ4n) is 1.85. The minimum atomic E-state index is -0.245. The van der Waals surface area contributed by atoms with E-state index in [1.807, 2.05) is 25.1 Å². The highest BCUT2D eigenvalue weighted by Gasteiger charge is 2.28. The fourth-order valence-corrected chi connectivity index (χ4v) is 3.32. The molecule has 7 heteroatoms. The van der Waals surface area contributed by atoms with Crippen LogP contribution in [0.15, 0.2) is 34.2 Å². The van der Waals surface area contributed by atoms with Crippen LogP contribution in [0.3, 0.4) is 0 Å². The van der Waals surface area contributed by atoms with Crippen molar-refractivity contribution >= 4 is 29.5 Å². The number of carbonyl (C=O) groups excluding carboxylic acids is 1. The Labute approximate surface area is 145 Å². The van der Waals surface area contributed by atoms with E-state index in [0.717, 1.165) is 26.5 Å². The maximum Gasteiger partial charge on any atom is 0.467 e. The van der Waals surface area contributed by atoms with Gasteiger partial charge >= 0.3 is 6.09 Å². The van der Waals surface area contributed by atoms with Crippen molar-refractivity contribution in [3.05, 3.63) is 40.8 Å². The van der Waals surface area contributed by atoms with E-state index >= 15 is 0 Å². The van der Waals surface area contributed by atoms with Gasteiger partial charge in [0.1, 0.15) is 10.9 Å². The van der Waals surface area contributed by atoms with Crippen LogP contribution in [0.2, 0.25) is 5.02 Å². The van der Waals surface area contributed by atoms with Gasteiger partial charge < -0.3 is 9.40 Å². The number of aromatic nitrogens is 2. The molecule has 0 saturated carbocycles. The van der Waals surface area contributed by atoms with Crippen LogP contribution < -0.4 is 0 Å². The lowest BCUT2D eigenvalue weighted by Crippen LogP contribution is -1.95. The Morgan fingerprint density at radius 3 is 2.39 bits per heavy atom. The minimum absolute atomic E-state index is 0.245. The highest BCUT2D eigenvalue weighted by molar-refractivity contribution is 7.99. The molecule has 0 radical (unpaired) electrons. The summed E-state index contributed by atoms with van der Waals surface area (Å²) in [7, 11) is 3.61. The lowest BCUT2D eigenvalue weighted by atomic mass is 10.2. The Bertz CT molecular complexity index is 715. The van der Waals surface area contributed by atoms with Crippen LogP contribution in [0, 0.1) is 6.92 Å². The molecular weight excluding hydrogens is 334 g/mol. The molecule has 0 atom stereocenters. The van der Waals surface area contributed by atoms with Crippen LogP contribution in [0.5, 0.6) is 0 Å². The first-order valence-corrected chi connectivity index (χ1v) is 8.41. The number of carbonyl (C=O) groups is 1. The first-order chi connectivity index (χ1) is 10.8. The van der Waals surface area contributed by atoms with Crippen molar-refractivity contribution in [2.45, 2.75) is 36.6 Å². The zero-order chi connectivity index (χ0) is 17.1. The topological polar surface area (TPSA) is 50.4 Å². The van der Waals surface area contributed by atoms with Gasteiger partial charge in [-0.25, -0.2) is 9.78 Å². The Kier molecular flexibility index (Phi) is 5.59. The average Bonchev–Trinajstić information content (AvgIpc) is 3.05. The molecule has 1 aromatic heterocycles. The van der Waals surface area contributed by atoms with E-state index < -0.39 is 0 Å². The van der Waals surface area contributed by atoms with Crippen LogP contribution >= 0.6 is 23.4 Å².